The first-order valence-electron chi connectivity index (χ1n) is 6.73. The van der Waals surface area contributed by atoms with Crippen LogP contribution in [-0.4, -0.2) is 5.11 Å². The van der Waals surface area contributed by atoms with Gasteiger partial charge in [-0.2, -0.15) is 5.26 Å². The lowest BCUT2D eigenvalue weighted by molar-refractivity contribution is 0.173. The third-order valence-electron chi connectivity index (χ3n) is 3.23. The van der Waals surface area contributed by atoms with E-state index in [9.17, 15) is 9.50 Å². The molecule has 0 saturated carbocycles. The van der Waals surface area contributed by atoms with Gasteiger partial charge in [-0.3, -0.25) is 0 Å². The molecule has 108 valence electrons. The number of halogens is 1. The molecule has 1 atom stereocenters. The molecule has 0 unspecified atom stereocenters. The third kappa shape index (κ3) is 3.80. The lowest BCUT2D eigenvalue weighted by atomic mass is 10.1. The van der Waals surface area contributed by atoms with E-state index in [0.29, 0.717) is 17.7 Å². The van der Waals surface area contributed by atoms with Gasteiger partial charge in [-0.1, -0.05) is 25.1 Å². The van der Waals surface area contributed by atoms with Crippen molar-refractivity contribution in [3.63, 3.8) is 0 Å². The minimum Gasteiger partial charge on any atom is -0.489 e. The standard InChI is InChI=1S/C17H16FNO2/c1-2-17(20)13-5-7-15(8-6-13)21-11-14-4-3-12(10-19)9-16(14)18/h3-9,17,20H,2,11H2,1H3/t17-/m0/s1. The van der Waals surface area contributed by atoms with E-state index in [1.54, 1.807) is 36.4 Å². The molecule has 2 aromatic rings. The molecule has 0 aliphatic heterocycles. The second-order valence-electron chi connectivity index (χ2n) is 4.70. The fourth-order valence-corrected chi connectivity index (χ4v) is 1.92. The van der Waals surface area contributed by atoms with Crippen LogP contribution in [0.4, 0.5) is 4.39 Å². The fraction of sp³-hybridized carbons (Fsp3) is 0.235. The Balaban J connectivity index is 2.02. The van der Waals surface area contributed by atoms with Gasteiger partial charge in [0.05, 0.1) is 17.7 Å². The van der Waals surface area contributed by atoms with Gasteiger partial charge >= 0.3 is 0 Å². The highest BCUT2D eigenvalue weighted by Crippen LogP contribution is 2.21. The summed E-state index contributed by atoms with van der Waals surface area (Å²) in [6.45, 7) is 2.00. The Morgan fingerprint density at radius 1 is 1.24 bits per heavy atom. The summed E-state index contributed by atoms with van der Waals surface area (Å²) in [5, 5.41) is 18.4. The normalized spacial score (nSPS) is 11.7. The van der Waals surface area contributed by atoms with Gasteiger partial charge in [0.15, 0.2) is 0 Å². The number of hydrogen-bond acceptors (Lipinski definition) is 3. The van der Waals surface area contributed by atoms with E-state index >= 15 is 0 Å². The van der Waals surface area contributed by atoms with Gasteiger partial charge in [-0.15, -0.1) is 0 Å². The van der Waals surface area contributed by atoms with Crippen LogP contribution in [0, 0.1) is 17.1 Å². The predicted octanol–water partition coefficient (Wildman–Crippen LogP) is 3.72. The van der Waals surface area contributed by atoms with Gasteiger partial charge in [0.1, 0.15) is 18.2 Å². The molecule has 0 aliphatic rings. The van der Waals surface area contributed by atoms with Crippen LogP contribution in [0.25, 0.3) is 0 Å². The summed E-state index contributed by atoms with van der Waals surface area (Å²) < 4.78 is 19.2. The number of aliphatic hydroxyl groups is 1. The van der Waals surface area contributed by atoms with Crippen molar-refractivity contribution in [3.8, 4) is 11.8 Å². The van der Waals surface area contributed by atoms with Crippen molar-refractivity contribution in [2.75, 3.05) is 0 Å². The molecular weight excluding hydrogens is 269 g/mol. The molecule has 0 saturated heterocycles. The number of hydrogen-bond donors (Lipinski definition) is 1. The molecule has 0 fully saturated rings. The minimum absolute atomic E-state index is 0.0905. The third-order valence-corrected chi connectivity index (χ3v) is 3.23. The van der Waals surface area contributed by atoms with Crippen LogP contribution < -0.4 is 4.74 Å². The Morgan fingerprint density at radius 2 is 1.95 bits per heavy atom. The summed E-state index contributed by atoms with van der Waals surface area (Å²) in [6.07, 6.45) is 0.173. The molecule has 0 amide bonds. The molecule has 0 aliphatic carbocycles. The van der Waals surface area contributed by atoms with Crippen molar-refractivity contribution in [2.24, 2.45) is 0 Å². The first-order valence-corrected chi connectivity index (χ1v) is 6.73. The zero-order chi connectivity index (χ0) is 15.2. The molecule has 2 aromatic carbocycles. The number of nitriles is 1. The van der Waals surface area contributed by atoms with Crippen LogP contribution in [0.3, 0.4) is 0 Å². The highest BCUT2D eigenvalue weighted by molar-refractivity contribution is 5.33. The SMILES string of the molecule is CC[C@H](O)c1ccc(OCc2ccc(C#N)cc2F)cc1. The van der Waals surface area contributed by atoms with Gasteiger partial charge < -0.3 is 9.84 Å². The Kier molecular flexibility index (Phi) is 4.91. The topological polar surface area (TPSA) is 53.2 Å². The summed E-state index contributed by atoms with van der Waals surface area (Å²) in [4.78, 5) is 0. The minimum atomic E-state index is -0.477. The molecule has 0 bridgehead atoms. The second-order valence-corrected chi connectivity index (χ2v) is 4.70. The zero-order valence-electron chi connectivity index (χ0n) is 11.7. The molecule has 21 heavy (non-hydrogen) atoms. The average Bonchev–Trinajstić information content (AvgIpc) is 2.53. The summed E-state index contributed by atoms with van der Waals surface area (Å²) in [6, 6.07) is 13.3. The van der Waals surface area contributed by atoms with Crippen molar-refractivity contribution in [2.45, 2.75) is 26.1 Å². The molecule has 4 heteroatoms. The van der Waals surface area contributed by atoms with Crippen LogP contribution in [0.15, 0.2) is 42.5 Å². The Labute approximate surface area is 123 Å². The largest absolute Gasteiger partial charge is 0.489 e. The summed E-state index contributed by atoms with van der Waals surface area (Å²) in [7, 11) is 0. The smallest absolute Gasteiger partial charge is 0.131 e. The fourth-order valence-electron chi connectivity index (χ4n) is 1.92. The quantitative estimate of drug-likeness (QED) is 0.911. The van der Waals surface area contributed by atoms with E-state index in [4.69, 9.17) is 10.00 Å². The van der Waals surface area contributed by atoms with Crippen molar-refractivity contribution >= 4 is 0 Å². The molecule has 0 heterocycles. The molecule has 0 radical (unpaired) electrons. The first kappa shape index (κ1) is 15.0. The van der Waals surface area contributed by atoms with Crippen molar-refractivity contribution in [1.29, 1.82) is 5.26 Å². The van der Waals surface area contributed by atoms with Crippen LogP contribution in [0.2, 0.25) is 0 Å². The molecule has 2 rings (SSSR count). The number of aliphatic hydroxyl groups excluding tert-OH is 1. The van der Waals surface area contributed by atoms with Gasteiger partial charge in [-0.25, -0.2) is 4.39 Å². The molecule has 0 aromatic heterocycles. The highest BCUT2D eigenvalue weighted by atomic mass is 19.1. The van der Waals surface area contributed by atoms with E-state index < -0.39 is 11.9 Å². The van der Waals surface area contributed by atoms with Gasteiger partial charge in [0.25, 0.3) is 0 Å². The van der Waals surface area contributed by atoms with Crippen LogP contribution in [0.5, 0.6) is 5.75 Å². The van der Waals surface area contributed by atoms with Crippen molar-refractivity contribution < 1.29 is 14.2 Å². The van der Waals surface area contributed by atoms with E-state index in [-0.39, 0.29) is 12.2 Å². The van der Waals surface area contributed by atoms with E-state index in [2.05, 4.69) is 0 Å². The Morgan fingerprint density at radius 3 is 2.52 bits per heavy atom. The predicted molar refractivity (Wildman–Crippen MR) is 77.1 cm³/mol. The lowest BCUT2D eigenvalue weighted by Gasteiger charge is -2.10. The van der Waals surface area contributed by atoms with Crippen LogP contribution in [0.1, 0.15) is 36.1 Å². The number of benzene rings is 2. The van der Waals surface area contributed by atoms with Gasteiger partial charge in [-0.05, 0) is 36.2 Å². The van der Waals surface area contributed by atoms with Gasteiger partial charge in [0, 0.05) is 5.56 Å². The molecule has 1 N–H and O–H groups in total. The van der Waals surface area contributed by atoms with Gasteiger partial charge in [0.2, 0.25) is 0 Å². The van der Waals surface area contributed by atoms with E-state index in [1.807, 2.05) is 13.0 Å². The lowest BCUT2D eigenvalue weighted by Crippen LogP contribution is -2.00. The summed E-state index contributed by atoms with van der Waals surface area (Å²) in [5.74, 6) is 0.151. The second kappa shape index (κ2) is 6.87. The van der Waals surface area contributed by atoms with E-state index in [1.165, 1.54) is 6.07 Å². The van der Waals surface area contributed by atoms with E-state index in [0.717, 1.165) is 5.56 Å². The maximum Gasteiger partial charge on any atom is 0.131 e. The summed E-state index contributed by atoms with van der Waals surface area (Å²) in [5.41, 5.74) is 1.51. The average molecular weight is 285 g/mol. The number of nitrogens with zero attached hydrogens (tertiary/aromatic N) is 1. The van der Waals surface area contributed by atoms with Crippen molar-refractivity contribution in [1.82, 2.24) is 0 Å². The Hall–Kier alpha value is -2.38. The molecule has 0 spiro atoms. The monoisotopic (exact) mass is 285 g/mol. The van der Waals surface area contributed by atoms with Crippen LogP contribution in [-0.2, 0) is 6.61 Å². The number of rotatable bonds is 5. The molecular formula is C17H16FNO2. The summed E-state index contributed by atoms with van der Waals surface area (Å²) >= 11 is 0. The van der Waals surface area contributed by atoms with Crippen molar-refractivity contribution in [3.05, 3.63) is 65.0 Å². The first-order chi connectivity index (χ1) is 10.1. The maximum atomic E-state index is 13.7. The van der Waals surface area contributed by atoms with Crippen LogP contribution >= 0.6 is 0 Å². The highest BCUT2D eigenvalue weighted by Gasteiger charge is 2.06. The number of ether oxygens (including phenoxy) is 1. The molecule has 3 nitrogen and oxygen atoms in total. The zero-order valence-corrected chi connectivity index (χ0v) is 11.7. The maximum absolute atomic E-state index is 13.7. The Bertz CT molecular complexity index is 647.